The van der Waals surface area contributed by atoms with Crippen LogP contribution in [-0.4, -0.2) is 16.0 Å². The average Bonchev–Trinajstić information content (AvgIpc) is 2.88. The third-order valence-corrected chi connectivity index (χ3v) is 4.16. The molecule has 3 rings (SSSR count). The van der Waals surface area contributed by atoms with Gasteiger partial charge in [-0.15, -0.1) is 0 Å². The summed E-state index contributed by atoms with van der Waals surface area (Å²) in [5.74, 6) is 0.115. The Kier molecular flexibility index (Phi) is 3.60. The molecule has 0 radical (unpaired) electrons. The number of hydrogen-bond acceptors (Lipinski definition) is 3. The zero-order valence-corrected chi connectivity index (χ0v) is 12.7. The first kappa shape index (κ1) is 14.9. The summed E-state index contributed by atoms with van der Waals surface area (Å²) in [7, 11) is 0. The van der Waals surface area contributed by atoms with Gasteiger partial charge in [0.2, 0.25) is 0 Å². The Hall–Kier alpha value is -2.01. The van der Waals surface area contributed by atoms with Crippen molar-refractivity contribution in [2.75, 3.05) is 5.32 Å². The van der Waals surface area contributed by atoms with E-state index in [1.165, 1.54) is 0 Å². The second-order valence-electron chi connectivity index (χ2n) is 5.00. The van der Waals surface area contributed by atoms with E-state index in [4.69, 9.17) is 5.26 Å². The van der Waals surface area contributed by atoms with Crippen molar-refractivity contribution in [2.45, 2.75) is 24.7 Å². The molecule has 1 aliphatic heterocycles. The number of aromatic nitrogens is 2. The van der Waals surface area contributed by atoms with Crippen LogP contribution in [0.1, 0.15) is 29.6 Å². The highest BCUT2D eigenvalue weighted by molar-refractivity contribution is 9.10. The van der Waals surface area contributed by atoms with Gasteiger partial charge in [-0.2, -0.15) is 23.5 Å². The van der Waals surface area contributed by atoms with Crippen LogP contribution in [0.2, 0.25) is 0 Å². The predicted octanol–water partition coefficient (Wildman–Crippen LogP) is 4.18. The summed E-state index contributed by atoms with van der Waals surface area (Å²) < 4.78 is 41.6. The molecule has 0 fully saturated rings. The fraction of sp³-hybridized carbons (Fsp3) is 0.286. The normalized spacial score (nSPS) is 20.9. The summed E-state index contributed by atoms with van der Waals surface area (Å²) in [4.78, 5) is 0. The van der Waals surface area contributed by atoms with Gasteiger partial charge in [0, 0.05) is 10.9 Å². The number of halogens is 4. The summed E-state index contributed by atoms with van der Waals surface area (Å²) >= 11 is 3.30. The molecule has 1 N–H and O–H groups in total. The van der Waals surface area contributed by atoms with Gasteiger partial charge >= 0.3 is 6.18 Å². The summed E-state index contributed by atoms with van der Waals surface area (Å²) in [5, 5.41) is 15.8. The number of anilines is 1. The van der Waals surface area contributed by atoms with E-state index in [2.05, 4.69) is 26.3 Å². The summed E-state index contributed by atoms with van der Waals surface area (Å²) in [6.45, 7) is 0. The topological polar surface area (TPSA) is 53.6 Å². The van der Waals surface area contributed by atoms with Gasteiger partial charge in [-0.3, -0.25) is 0 Å². The van der Waals surface area contributed by atoms with Gasteiger partial charge in [-0.05, 0) is 17.7 Å². The molecule has 0 aliphatic carbocycles. The molecule has 114 valence electrons. The molecule has 2 aromatic rings. The van der Waals surface area contributed by atoms with Crippen LogP contribution in [0, 0.1) is 11.3 Å². The molecule has 1 aromatic heterocycles. The van der Waals surface area contributed by atoms with Crippen molar-refractivity contribution in [3.8, 4) is 6.07 Å². The van der Waals surface area contributed by atoms with Crippen LogP contribution < -0.4 is 5.32 Å². The standard InChI is InChI=1S/C14H10BrF3N4/c15-10-3-1-8(2-4-10)11-5-12(14(16,17)18)22-13(21-11)9(6-19)7-20-22/h1-4,7,11-12,21H,5H2/t11-,12-/m1/s1. The van der Waals surface area contributed by atoms with Crippen molar-refractivity contribution in [1.29, 1.82) is 5.26 Å². The lowest BCUT2D eigenvalue weighted by molar-refractivity contribution is -0.173. The van der Waals surface area contributed by atoms with E-state index in [1.54, 1.807) is 24.3 Å². The summed E-state index contributed by atoms with van der Waals surface area (Å²) in [6.07, 6.45) is -3.45. The molecule has 0 saturated heterocycles. The van der Waals surface area contributed by atoms with Gasteiger partial charge in [0.25, 0.3) is 0 Å². The molecule has 0 amide bonds. The lowest BCUT2D eigenvalue weighted by Gasteiger charge is -2.33. The van der Waals surface area contributed by atoms with Crippen LogP contribution >= 0.6 is 15.9 Å². The SMILES string of the molecule is N#Cc1cnn2c1N[C@@H](c1ccc(Br)cc1)C[C@@H]2C(F)(F)F. The van der Waals surface area contributed by atoms with Gasteiger partial charge < -0.3 is 5.32 Å². The molecule has 0 unspecified atom stereocenters. The average molecular weight is 371 g/mol. The largest absolute Gasteiger partial charge is 0.410 e. The van der Waals surface area contributed by atoms with Crippen molar-refractivity contribution in [2.24, 2.45) is 0 Å². The fourth-order valence-corrected chi connectivity index (χ4v) is 2.82. The molecule has 0 spiro atoms. The van der Waals surface area contributed by atoms with Crippen LogP contribution in [0.5, 0.6) is 0 Å². The predicted molar refractivity (Wildman–Crippen MR) is 77.2 cm³/mol. The van der Waals surface area contributed by atoms with E-state index < -0.39 is 18.3 Å². The summed E-state index contributed by atoms with van der Waals surface area (Å²) in [5.41, 5.74) is 0.838. The third kappa shape index (κ3) is 2.57. The van der Waals surface area contributed by atoms with E-state index >= 15 is 0 Å². The minimum Gasteiger partial charge on any atom is -0.362 e. The zero-order valence-electron chi connectivity index (χ0n) is 11.1. The number of hydrogen-bond donors (Lipinski definition) is 1. The van der Waals surface area contributed by atoms with E-state index in [9.17, 15) is 13.2 Å². The fourth-order valence-electron chi connectivity index (χ4n) is 2.56. The lowest BCUT2D eigenvalue weighted by atomic mass is 9.97. The van der Waals surface area contributed by atoms with Crippen molar-refractivity contribution in [3.05, 3.63) is 46.1 Å². The minimum absolute atomic E-state index is 0.107. The molecule has 8 heteroatoms. The van der Waals surface area contributed by atoms with Crippen LogP contribution in [0.15, 0.2) is 34.9 Å². The summed E-state index contributed by atoms with van der Waals surface area (Å²) in [6, 6.07) is 6.65. The highest BCUT2D eigenvalue weighted by atomic mass is 79.9. The molecule has 22 heavy (non-hydrogen) atoms. The Bertz CT molecular complexity index is 730. The Morgan fingerprint density at radius 3 is 2.59 bits per heavy atom. The van der Waals surface area contributed by atoms with Crippen molar-refractivity contribution < 1.29 is 13.2 Å². The van der Waals surface area contributed by atoms with E-state index in [0.29, 0.717) is 0 Å². The van der Waals surface area contributed by atoms with Crippen LogP contribution in [-0.2, 0) is 0 Å². The molecule has 2 atom stereocenters. The molecule has 4 nitrogen and oxygen atoms in total. The van der Waals surface area contributed by atoms with Crippen LogP contribution in [0.25, 0.3) is 0 Å². The molecular formula is C14H10BrF3N4. The first-order chi connectivity index (χ1) is 10.4. The van der Waals surface area contributed by atoms with Gasteiger partial charge in [-0.1, -0.05) is 28.1 Å². The molecule has 2 heterocycles. The van der Waals surface area contributed by atoms with E-state index in [1.807, 2.05) is 6.07 Å². The molecular weight excluding hydrogens is 361 g/mol. The maximum atomic E-state index is 13.3. The number of alkyl halides is 3. The molecule has 0 bridgehead atoms. The second-order valence-corrected chi connectivity index (χ2v) is 5.92. The third-order valence-electron chi connectivity index (χ3n) is 3.63. The van der Waals surface area contributed by atoms with E-state index in [0.717, 1.165) is 20.9 Å². The van der Waals surface area contributed by atoms with Gasteiger partial charge in [0.1, 0.15) is 17.5 Å². The van der Waals surface area contributed by atoms with Crippen molar-refractivity contribution in [1.82, 2.24) is 9.78 Å². The van der Waals surface area contributed by atoms with Crippen molar-refractivity contribution in [3.63, 3.8) is 0 Å². The zero-order chi connectivity index (χ0) is 15.9. The molecule has 0 saturated carbocycles. The number of nitrogens with one attached hydrogen (secondary N) is 1. The number of nitrogens with zero attached hydrogens (tertiary/aromatic N) is 3. The molecule has 1 aliphatic rings. The van der Waals surface area contributed by atoms with Gasteiger partial charge in [-0.25, -0.2) is 4.68 Å². The maximum absolute atomic E-state index is 13.3. The number of benzene rings is 1. The lowest BCUT2D eigenvalue weighted by Crippen LogP contribution is -2.35. The second kappa shape index (κ2) is 5.32. The van der Waals surface area contributed by atoms with E-state index in [-0.39, 0.29) is 17.8 Å². The Morgan fingerprint density at radius 2 is 2.00 bits per heavy atom. The van der Waals surface area contributed by atoms with Crippen LogP contribution in [0.3, 0.4) is 0 Å². The Morgan fingerprint density at radius 1 is 1.32 bits per heavy atom. The smallest absolute Gasteiger partial charge is 0.362 e. The minimum atomic E-state index is -4.43. The number of rotatable bonds is 1. The van der Waals surface area contributed by atoms with Gasteiger partial charge in [0.05, 0.1) is 12.2 Å². The Balaban J connectivity index is 2.03. The van der Waals surface area contributed by atoms with Crippen molar-refractivity contribution >= 4 is 21.7 Å². The quantitative estimate of drug-likeness (QED) is 0.819. The monoisotopic (exact) mass is 370 g/mol. The van der Waals surface area contributed by atoms with Crippen LogP contribution in [0.4, 0.5) is 19.0 Å². The molecule has 1 aromatic carbocycles. The number of nitriles is 1. The highest BCUT2D eigenvalue weighted by Crippen LogP contribution is 2.44. The highest BCUT2D eigenvalue weighted by Gasteiger charge is 2.46. The first-order valence-corrected chi connectivity index (χ1v) is 7.26. The maximum Gasteiger partial charge on any atom is 0.410 e. The first-order valence-electron chi connectivity index (χ1n) is 6.46. The number of fused-ring (bicyclic) bond motifs is 1. The Labute approximate surface area is 132 Å². The van der Waals surface area contributed by atoms with Gasteiger partial charge in [0.15, 0.2) is 6.04 Å².